The number of anilines is 1. The average Bonchev–Trinajstić information content (AvgIpc) is 2.31. The van der Waals surface area contributed by atoms with E-state index in [0.29, 0.717) is 0 Å². The van der Waals surface area contributed by atoms with Crippen LogP contribution in [0.25, 0.3) is 0 Å². The van der Waals surface area contributed by atoms with E-state index in [-0.39, 0.29) is 23.5 Å². The lowest BCUT2D eigenvalue weighted by atomic mass is 10.2. The summed E-state index contributed by atoms with van der Waals surface area (Å²) in [6.07, 6.45) is 0. The molecule has 1 amide bonds. The number of nitrogen functional groups attached to an aromatic ring is 1. The molecule has 0 bridgehead atoms. The number of carbonyl (C=O) groups is 1. The number of rotatable bonds is 5. The van der Waals surface area contributed by atoms with Gasteiger partial charge in [0.2, 0.25) is 10.0 Å². The van der Waals surface area contributed by atoms with E-state index in [9.17, 15) is 17.6 Å². The lowest BCUT2D eigenvalue weighted by molar-refractivity contribution is 0.0952. The van der Waals surface area contributed by atoms with Crippen molar-refractivity contribution in [1.82, 2.24) is 9.62 Å². The van der Waals surface area contributed by atoms with Crippen LogP contribution in [0.2, 0.25) is 0 Å². The van der Waals surface area contributed by atoms with E-state index < -0.39 is 21.7 Å². The van der Waals surface area contributed by atoms with Gasteiger partial charge in [0, 0.05) is 26.3 Å². The first-order valence-electron chi connectivity index (χ1n) is 5.47. The second-order valence-corrected chi connectivity index (χ2v) is 6.40. The Hall–Kier alpha value is -1.67. The fourth-order valence-corrected chi connectivity index (χ4v) is 2.01. The van der Waals surface area contributed by atoms with Crippen LogP contribution in [0.4, 0.5) is 10.1 Å². The summed E-state index contributed by atoms with van der Waals surface area (Å²) in [6.45, 7) is -0.104. The van der Waals surface area contributed by atoms with E-state index in [4.69, 9.17) is 5.73 Å². The molecule has 106 valence electrons. The molecule has 0 aliphatic carbocycles. The molecule has 3 N–H and O–H groups in total. The third-order valence-electron chi connectivity index (χ3n) is 2.44. The van der Waals surface area contributed by atoms with Crippen molar-refractivity contribution in [3.05, 3.63) is 29.6 Å². The van der Waals surface area contributed by atoms with Crippen molar-refractivity contribution in [1.29, 1.82) is 0 Å². The molecule has 0 heterocycles. The fourth-order valence-electron chi connectivity index (χ4n) is 1.29. The Bertz CT molecular complexity index is 573. The summed E-state index contributed by atoms with van der Waals surface area (Å²) < 4.78 is 37.3. The standard InChI is InChI=1S/C11H16FN3O3S/c1-15(2)19(17,18)6-5-14-11(16)9-7-8(13)3-4-10(9)12/h3-4,7H,5-6,13H2,1-2H3,(H,14,16). The number of amides is 1. The summed E-state index contributed by atoms with van der Waals surface area (Å²) in [6, 6.07) is 3.62. The van der Waals surface area contributed by atoms with Gasteiger partial charge in [0.05, 0.1) is 11.3 Å². The lowest BCUT2D eigenvalue weighted by Gasteiger charge is -2.11. The first kappa shape index (κ1) is 15.4. The van der Waals surface area contributed by atoms with Crippen molar-refractivity contribution in [2.75, 3.05) is 32.1 Å². The maximum Gasteiger partial charge on any atom is 0.254 e. The smallest absolute Gasteiger partial charge is 0.254 e. The van der Waals surface area contributed by atoms with Gasteiger partial charge in [-0.3, -0.25) is 4.79 Å². The Labute approximate surface area is 111 Å². The Kier molecular flexibility index (Phi) is 4.84. The predicted molar refractivity (Wildman–Crippen MR) is 70.6 cm³/mol. The number of hydrogen-bond donors (Lipinski definition) is 2. The van der Waals surface area contributed by atoms with Crippen molar-refractivity contribution in [3.63, 3.8) is 0 Å². The van der Waals surface area contributed by atoms with E-state index in [1.807, 2.05) is 0 Å². The summed E-state index contributed by atoms with van der Waals surface area (Å²) in [5.41, 5.74) is 5.50. The van der Waals surface area contributed by atoms with Crippen LogP contribution in [-0.2, 0) is 10.0 Å². The molecule has 6 nitrogen and oxygen atoms in total. The molecule has 0 atom stereocenters. The maximum absolute atomic E-state index is 13.4. The van der Waals surface area contributed by atoms with Crippen LogP contribution in [-0.4, -0.2) is 45.0 Å². The van der Waals surface area contributed by atoms with Crippen LogP contribution >= 0.6 is 0 Å². The summed E-state index contributed by atoms with van der Waals surface area (Å²) in [5, 5.41) is 2.34. The second kappa shape index (κ2) is 5.98. The molecule has 0 aliphatic rings. The lowest BCUT2D eigenvalue weighted by Crippen LogP contribution is -2.34. The minimum atomic E-state index is -3.39. The van der Waals surface area contributed by atoms with Crippen LogP contribution in [0.5, 0.6) is 0 Å². The fraction of sp³-hybridized carbons (Fsp3) is 0.364. The van der Waals surface area contributed by atoms with Gasteiger partial charge in [0.1, 0.15) is 5.82 Å². The van der Waals surface area contributed by atoms with Gasteiger partial charge < -0.3 is 11.1 Å². The highest BCUT2D eigenvalue weighted by Gasteiger charge is 2.15. The molecule has 1 rings (SSSR count). The van der Waals surface area contributed by atoms with E-state index in [1.165, 1.54) is 26.2 Å². The molecule has 1 aromatic carbocycles. The van der Waals surface area contributed by atoms with Crippen molar-refractivity contribution < 1.29 is 17.6 Å². The van der Waals surface area contributed by atoms with Gasteiger partial charge in [0.15, 0.2) is 0 Å². The first-order valence-corrected chi connectivity index (χ1v) is 7.08. The predicted octanol–water partition coefficient (Wildman–Crippen LogP) is 0.0291. The minimum Gasteiger partial charge on any atom is -0.399 e. The summed E-state index contributed by atoms with van der Waals surface area (Å²) in [4.78, 5) is 11.7. The second-order valence-electron chi connectivity index (χ2n) is 4.09. The Morgan fingerprint density at radius 3 is 2.63 bits per heavy atom. The molecular weight excluding hydrogens is 273 g/mol. The number of halogens is 1. The quantitative estimate of drug-likeness (QED) is 0.748. The maximum atomic E-state index is 13.4. The Morgan fingerprint density at radius 2 is 2.05 bits per heavy atom. The van der Waals surface area contributed by atoms with Crippen LogP contribution in [0, 0.1) is 5.82 Å². The first-order chi connectivity index (χ1) is 8.74. The molecule has 0 saturated heterocycles. The minimum absolute atomic E-state index is 0.104. The summed E-state index contributed by atoms with van der Waals surface area (Å²) in [5.74, 6) is -1.66. The zero-order chi connectivity index (χ0) is 14.6. The number of nitrogens with one attached hydrogen (secondary N) is 1. The third-order valence-corrected chi connectivity index (χ3v) is 4.27. The van der Waals surface area contributed by atoms with E-state index in [1.54, 1.807) is 0 Å². The number of nitrogens with two attached hydrogens (primary N) is 1. The van der Waals surface area contributed by atoms with Crippen LogP contribution < -0.4 is 11.1 Å². The number of carbonyl (C=O) groups excluding carboxylic acids is 1. The molecular formula is C11H16FN3O3S. The molecule has 8 heteroatoms. The van der Waals surface area contributed by atoms with Gasteiger partial charge in [-0.15, -0.1) is 0 Å². The SMILES string of the molecule is CN(C)S(=O)(=O)CCNC(=O)c1cc(N)ccc1F. The normalized spacial score (nSPS) is 11.6. The number of nitrogens with zero attached hydrogens (tertiary/aromatic N) is 1. The van der Waals surface area contributed by atoms with Crippen LogP contribution in [0.15, 0.2) is 18.2 Å². The van der Waals surface area contributed by atoms with Gasteiger partial charge >= 0.3 is 0 Å². The zero-order valence-corrected chi connectivity index (χ0v) is 11.5. The molecule has 0 saturated carbocycles. The summed E-state index contributed by atoms with van der Waals surface area (Å²) in [7, 11) is -0.599. The average molecular weight is 289 g/mol. The van der Waals surface area contributed by atoms with Gasteiger partial charge in [-0.2, -0.15) is 0 Å². The number of hydrogen-bond acceptors (Lipinski definition) is 4. The highest BCUT2D eigenvalue weighted by Crippen LogP contribution is 2.11. The number of sulfonamides is 1. The van der Waals surface area contributed by atoms with Crippen LogP contribution in [0.3, 0.4) is 0 Å². The number of benzene rings is 1. The highest BCUT2D eigenvalue weighted by molar-refractivity contribution is 7.89. The highest BCUT2D eigenvalue weighted by atomic mass is 32.2. The van der Waals surface area contributed by atoms with Crippen molar-refractivity contribution in [3.8, 4) is 0 Å². The van der Waals surface area contributed by atoms with E-state index >= 15 is 0 Å². The Morgan fingerprint density at radius 1 is 1.42 bits per heavy atom. The molecule has 0 fully saturated rings. The topological polar surface area (TPSA) is 92.5 Å². The van der Waals surface area contributed by atoms with Crippen molar-refractivity contribution >= 4 is 21.6 Å². The largest absolute Gasteiger partial charge is 0.399 e. The molecule has 0 unspecified atom stereocenters. The van der Waals surface area contributed by atoms with E-state index in [2.05, 4.69) is 5.32 Å². The molecule has 1 aromatic rings. The molecule has 19 heavy (non-hydrogen) atoms. The third kappa shape index (κ3) is 4.18. The van der Waals surface area contributed by atoms with Gasteiger partial charge in [-0.25, -0.2) is 17.1 Å². The van der Waals surface area contributed by atoms with Gasteiger partial charge in [-0.05, 0) is 18.2 Å². The Balaban J connectivity index is 2.64. The monoisotopic (exact) mass is 289 g/mol. The zero-order valence-electron chi connectivity index (χ0n) is 10.7. The van der Waals surface area contributed by atoms with Crippen LogP contribution in [0.1, 0.15) is 10.4 Å². The van der Waals surface area contributed by atoms with Gasteiger partial charge in [-0.1, -0.05) is 0 Å². The van der Waals surface area contributed by atoms with Gasteiger partial charge in [0.25, 0.3) is 5.91 Å². The summed E-state index contributed by atoms with van der Waals surface area (Å²) >= 11 is 0. The molecule has 0 spiro atoms. The van der Waals surface area contributed by atoms with Crippen molar-refractivity contribution in [2.24, 2.45) is 0 Å². The molecule has 0 aromatic heterocycles. The molecule has 0 radical (unpaired) electrons. The van der Waals surface area contributed by atoms with E-state index in [0.717, 1.165) is 10.4 Å². The van der Waals surface area contributed by atoms with Crippen molar-refractivity contribution in [2.45, 2.75) is 0 Å². The molecule has 0 aliphatic heterocycles.